The number of benzene rings is 1. The lowest BCUT2D eigenvalue weighted by Gasteiger charge is -2.41. The Morgan fingerprint density at radius 2 is 2.14 bits per heavy atom. The van der Waals surface area contributed by atoms with Gasteiger partial charge in [-0.25, -0.2) is 0 Å². The van der Waals surface area contributed by atoms with Crippen LogP contribution in [0.25, 0.3) is 21.9 Å². The second-order valence-electron chi connectivity index (χ2n) is 6.26. The largest absolute Gasteiger partial charge is 0.329 e. The van der Waals surface area contributed by atoms with Crippen molar-refractivity contribution in [2.75, 3.05) is 0 Å². The van der Waals surface area contributed by atoms with Gasteiger partial charge >= 0.3 is 0 Å². The highest BCUT2D eigenvalue weighted by molar-refractivity contribution is 7.71. The van der Waals surface area contributed by atoms with Crippen molar-refractivity contribution in [2.45, 2.75) is 39.2 Å². The summed E-state index contributed by atoms with van der Waals surface area (Å²) >= 11 is 5.58. The Morgan fingerprint density at radius 3 is 2.86 bits per heavy atom. The van der Waals surface area contributed by atoms with Crippen molar-refractivity contribution in [1.29, 1.82) is 0 Å². The fraction of sp³-hybridized carbons (Fsp3) is 0.412. The molecule has 1 aliphatic rings. The fourth-order valence-electron chi connectivity index (χ4n) is 3.58. The highest BCUT2D eigenvalue weighted by Crippen LogP contribution is 2.45. The topological polar surface area (TPSA) is 33.6 Å². The van der Waals surface area contributed by atoms with E-state index in [1.807, 2.05) is 12.3 Å². The molecule has 0 saturated heterocycles. The lowest BCUT2D eigenvalue weighted by molar-refractivity contribution is 0.102. The molecule has 3 nitrogen and oxygen atoms in total. The molecule has 0 atom stereocenters. The molecule has 1 aromatic carbocycles. The average Bonchev–Trinajstić information content (AvgIpc) is 2.79. The Morgan fingerprint density at radius 1 is 1.33 bits per heavy atom. The van der Waals surface area contributed by atoms with Crippen LogP contribution in [0.15, 0.2) is 30.5 Å². The maximum absolute atomic E-state index is 5.58. The highest BCUT2D eigenvalue weighted by atomic mass is 32.1. The number of nitrogens with zero attached hydrogens (tertiary/aromatic N) is 2. The Balaban J connectivity index is 1.97. The number of pyridine rings is 1. The average molecular weight is 297 g/mol. The lowest BCUT2D eigenvalue weighted by atomic mass is 9.67. The van der Waals surface area contributed by atoms with Gasteiger partial charge < -0.3 is 9.55 Å². The summed E-state index contributed by atoms with van der Waals surface area (Å²) in [6, 6.07) is 8.31. The van der Waals surface area contributed by atoms with Gasteiger partial charge in [0.1, 0.15) is 0 Å². The molecule has 108 valence electrons. The van der Waals surface area contributed by atoms with E-state index in [1.165, 1.54) is 36.6 Å². The molecule has 0 spiro atoms. The summed E-state index contributed by atoms with van der Waals surface area (Å²) in [4.78, 5) is 7.85. The molecule has 1 fully saturated rings. The van der Waals surface area contributed by atoms with Gasteiger partial charge in [-0.1, -0.05) is 31.5 Å². The van der Waals surface area contributed by atoms with E-state index in [1.54, 1.807) is 0 Å². The summed E-state index contributed by atoms with van der Waals surface area (Å²) in [6.07, 6.45) is 7.13. The predicted octanol–water partition coefficient (Wildman–Crippen LogP) is 4.83. The number of aromatic nitrogens is 3. The Bertz CT molecular complexity index is 865. The van der Waals surface area contributed by atoms with Gasteiger partial charge in [-0.2, -0.15) is 0 Å². The molecular formula is C17H19N3S. The minimum atomic E-state index is 0.442. The molecule has 2 aromatic heterocycles. The minimum absolute atomic E-state index is 0.442. The first kappa shape index (κ1) is 13.0. The zero-order chi connectivity index (χ0) is 14.4. The van der Waals surface area contributed by atoms with Crippen LogP contribution in [0.4, 0.5) is 0 Å². The molecule has 21 heavy (non-hydrogen) atoms. The van der Waals surface area contributed by atoms with E-state index in [9.17, 15) is 0 Å². The Labute approximate surface area is 129 Å². The van der Waals surface area contributed by atoms with E-state index in [4.69, 9.17) is 12.2 Å². The molecule has 0 bridgehead atoms. The van der Waals surface area contributed by atoms with Crippen molar-refractivity contribution >= 4 is 34.2 Å². The standard InChI is InChI=1S/C17H19N3S/c1-2-17(8-5-9-17)11-20-15-12-6-3-4-7-13(12)18-10-14(15)19-16(20)21/h3-4,6-7,10H,2,5,8-9,11H2,1H3,(H,19,21). The molecule has 4 rings (SSSR count). The molecule has 0 radical (unpaired) electrons. The number of fused-ring (bicyclic) bond motifs is 3. The summed E-state index contributed by atoms with van der Waals surface area (Å²) in [7, 11) is 0. The highest BCUT2D eigenvalue weighted by Gasteiger charge is 2.36. The Hall–Kier alpha value is -1.68. The second kappa shape index (κ2) is 4.67. The van der Waals surface area contributed by atoms with Crippen LogP contribution in [0.5, 0.6) is 0 Å². The van der Waals surface area contributed by atoms with Crippen LogP contribution < -0.4 is 0 Å². The van der Waals surface area contributed by atoms with Crippen molar-refractivity contribution in [1.82, 2.24) is 14.5 Å². The zero-order valence-corrected chi connectivity index (χ0v) is 13.0. The zero-order valence-electron chi connectivity index (χ0n) is 12.2. The van der Waals surface area contributed by atoms with Gasteiger partial charge in [0.15, 0.2) is 4.77 Å². The lowest BCUT2D eigenvalue weighted by Crippen LogP contribution is -2.33. The number of rotatable bonds is 3. The first-order valence-corrected chi connectivity index (χ1v) is 8.09. The van der Waals surface area contributed by atoms with Crippen LogP contribution in [0.1, 0.15) is 32.6 Å². The van der Waals surface area contributed by atoms with Gasteiger partial charge in [-0.15, -0.1) is 0 Å². The maximum Gasteiger partial charge on any atom is 0.178 e. The fourth-order valence-corrected chi connectivity index (χ4v) is 3.85. The van der Waals surface area contributed by atoms with Crippen molar-refractivity contribution in [3.63, 3.8) is 0 Å². The summed E-state index contributed by atoms with van der Waals surface area (Å²) in [6.45, 7) is 3.33. The molecule has 1 aliphatic carbocycles. The molecule has 1 saturated carbocycles. The summed E-state index contributed by atoms with van der Waals surface area (Å²) in [5.74, 6) is 0. The summed E-state index contributed by atoms with van der Waals surface area (Å²) in [5, 5.41) is 1.19. The van der Waals surface area contributed by atoms with Gasteiger partial charge in [-0.05, 0) is 43.0 Å². The van der Waals surface area contributed by atoms with E-state index in [-0.39, 0.29) is 0 Å². The number of hydrogen-bond donors (Lipinski definition) is 1. The van der Waals surface area contributed by atoms with Crippen molar-refractivity contribution < 1.29 is 0 Å². The SMILES string of the molecule is CCC1(Cn2c(=S)[nH]c3cnc4ccccc4c32)CCC1. The van der Waals surface area contributed by atoms with Crippen LogP contribution in [0, 0.1) is 10.2 Å². The third kappa shape index (κ3) is 1.93. The molecule has 3 aromatic rings. The third-order valence-electron chi connectivity index (χ3n) is 5.16. The normalized spacial score (nSPS) is 17.2. The first-order chi connectivity index (χ1) is 10.2. The minimum Gasteiger partial charge on any atom is -0.329 e. The third-order valence-corrected chi connectivity index (χ3v) is 5.48. The molecule has 1 N–H and O–H groups in total. The van der Waals surface area contributed by atoms with Crippen molar-refractivity contribution in [3.05, 3.63) is 35.2 Å². The summed E-state index contributed by atoms with van der Waals surface area (Å²) in [5.41, 5.74) is 3.74. The number of nitrogens with one attached hydrogen (secondary N) is 1. The van der Waals surface area contributed by atoms with Crippen LogP contribution in [-0.4, -0.2) is 14.5 Å². The van der Waals surface area contributed by atoms with Crippen LogP contribution in [0.2, 0.25) is 0 Å². The number of para-hydroxylation sites is 1. The van der Waals surface area contributed by atoms with Crippen LogP contribution in [-0.2, 0) is 6.54 Å². The molecule has 0 amide bonds. The van der Waals surface area contributed by atoms with E-state index < -0.39 is 0 Å². The van der Waals surface area contributed by atoms with Crippen LogP contribution >= 0.6 is 12.2 Å². The quantitative estimate of drug-likeness (QED) is 0.703. The van der Waals surface area contributed by atoms with E-state index >= 15 is 0 Å². The monoisotopic (exact) mass is 297 g/mol. The maximum atomic E-state index is 5.58. The predicted molar refractivity (Wildman–Crippen MR) is 89.0 cm³/mol. The molecular weight excluding hydrogens is 278 g/mol. The number of imidazole rings is 1. The number of aromatic amines is 1. The molecule has 0 aliphatic heterocycles. The van der Waals surface area contributed by atoms with E-state index in [2.05, 4.69) is 39.7 Å². The second-order valence-corrected chi connectivity index (χ2v) is 6.65. The van der Waals surface area contributed by atoms with Gasteiger partial charge in [0.25, 0.3) is 0 Å². The van der Waals surface area contributed by atoms with E-state index in [0.717, 1.165) is 22.3 Å². The number of H-pyrrole nitrogens is 1. The van der Waals surface area contributed by atoms with Gasteiger partial charge in [0, 0.05) is 11.9 Å². The van der Waals surface area contributed by atoms with Crippen molar-refractivity contribution in [3.8, 4) is 0 Å². The van der Waals surface area contributed by atoms with Gasteiger partial charge in [0.2, 0.25) is 0 Å². The molecule has 4 heteroatoms. The Kier molecular flexibility index (Phi) is 2.89. The van der Waals surface area contributed by atoms with Crippen molar-refractivity contribution in [2.24, 2.45) is 5.41 Å². The first-order valence-electron chi connectivity index (χ1n) is 7.69. The molecule has 0 unspecified atom stereocenters. The van der Waals surface area contributed by atoms with Gasteiger partial charge in [0.05, 0.1) is 22.7 Å². The number of hydrogen-bond acceptors (Lipinski definition) is 2. The van der Waals surface area contributed by atoms with Crippen LogP contribution in [0.3, 0.4) is 0 Å². The van der Waals surface area contributed by atoms with Gasteiger partial charge in [-0.3, -0.25) is 4.98 Å². The molecule has 2 heterocycles. The van der Waals surface area contributed by atoms with E-state index in [0.29, 0.717) is 5.41 Å². The summed E-state index contributed by atoms with van der Waals surface area (Å²) < 4.78 is 3.13. The smallest absolute Gasteiger partial charge is 0.178 e.